The number of hydrogen-bond donors (Lipinski definition) is 1. The maximum absolute atomic E-state index is 13.1. The Morgan fingerprint density at radius 1 is 1.14 bits per heavy atom. The van der Waals surface area contributed by atoms with E-state index in [0.717, 1.165) is 5.57 Å². The molecule has 7 nitrogen and oxygen atoms in total. The van der Waals surface area contributed by atoms with Crippen molar-refractivity contribution in [1.29, 1.82) is 0 Å². The van der Waals surface area contributed by atoms with Gasteiger partial charge < -0.3 is 19.5 Å². The number of ether oxygens (including phenoxy) is 1. The molecule has 7 heteroatoms. The summed E-state index contributed by atoms with van der Waals surface area (Å²) in [5.41, 5.74) is 1.05. The second kappa shape index (κ2) is 8.77. The van der Waals surface area contributed by atoms with Crippen molar-refractivity contribution in [3.8, 4) is 5.75 Å². The van der Waals surface area contributed by atoms with E-state index in [1.165, 1.54) is 12.3 Å². The molecule has 0 saturated carbocycles. The molecule has 0 bridgehead atoms. The molecule has 0 radical (unpaired) electrons. The van der Waals surface area contributed by atoms with Crippen LogP contribution in [0.15, 0.2) is 59.5 Å². The van der Waals surface area contributed by atoms with Gasteiger partial charge in [0, 0.05) is 31.9 Å². The zero-order chi connectivity index (χ0) is 21.0. The Kier molecular flexibility index (Phi) is 6.16. The SMILES string of the molecule is C=C(C)COc1ccccc1C(=O)N1CCN(C(=O)c2ccc[nH]c2=O)[C@H](C)C1. The van der Waals surface area contributed by atoms with Gasteiger partial charge in [0.1, 0.15) is 17.9 Å². The number of H-pyrrole nitrogens is 1. The van der Waals surface area contributed by atoms with Crippen molar-refractivity contribution in [2.24, 2.45) is 0 Å². The molecule has 29 heavy (non-hydrogen) atoms. The number of nitrogens with zero attached hydrogens (tertiary/aromatic N) is 2. The van der Waals surface area contributed by atoms with Crippen molar-refractivity contribution in [3.05, 3.63) is 76.2 Å². The topological polar surface area (TPSA) is 82.7 Å². The van der Waals surface area contributed by atoms with Gasteiger partial charge in [-0.05, 0) is 43.7 Å². The van der Waals surface area contributed by atoms with Crippen LogP contribution in [0.2, 0.25) is 0 Å². The molecule has 2 amide bonds. The lowest BCUT2D eigenvalue weighted by Crippen LogP contribution is -2.56. The zero-order valence-corrected chi connectivity index (χ0v) is 16.7. The number of amides is 2. The summed E-state index contributed by atoms with van der Waals surface area (Å²) in [4.78, 5) is 43.6. The average molecular weight is 395 g/mol. The summed E-state index contributed by atoms with van der Waals surface area (Å²) in [6.45, 7) is 9.01. The minimum Gasteiger partial charge on any atom is -0.488 e. The summed E-state index contributed by atoms with van der Waals surface area (Å²) < 4.78 is 5.72. The number of pyridine rings is 1. The number of aromatic nitrogens is 1. The summed E-state index contributed by atoms with van der Waals surface area (Å²) in [5, 5.41) is 0. The molecule has 1 aromatic carbocycles. The summed E-state index contributed by atoms with van der Waals surface area (Å²) in [6.07, 6.45) is 1.49. The Hall–Kier alpha value is -3.35. The number of hydrogen-bond acceptors (Lipinski definition) is 4. The minimum absolute atomic E-state index is 0.109. The van der Waals surface area contributed by atoms with Crippen LogP contribution in [-0.4, -0.2) is 58.9 Å². The zero-order valence-electron chi connectivity index (χ0n) is 16.7. The van der Waals surface area contributed by atoms with E-state index < -0.39 is 5.56 Å². The molecule has 1 aliphatic rings. The molecule has 152 valence electrons. The van der Waals surface area contributed by atoms with E-state index in [9.17, 15) is 14.4 Å². The highest BCUT2D eigenvalue weighted by atomic mass is 16.5. The number of aromatic amines is 1. The summed E-state index contributed by atoms with van der Waals surface area (Å²) in [5.74, 6) is 0.0536. The molecule has 2 heterocycles. The first-order valence-electron chi connectivity index (χ1n) is 9.52. The van der Waals surface area contributed by atoms with E-state index in [1.807, 2.05) is 19.9 Å². The molecule has 1 fully saturated rings. The minimum atomic E-state index is -0.410. The molecule has 1 N–H and O–H groups in total. The molecular formula is C22H25N3O4. The third-order valence-electron chi connectivity index (χ3n) is 4.82. The quantitative estimate of drug-likeness (QED) is 0.788. The fourth-order valence-electron chi connectivity index (χ4n) is 3.33. The number of carbonyl (C=O) groups is 2. The van der Waals surface area contributed by atoms with Crippen molar-refractivity contribution < 1.29 is 14.3 Å². The number of rotatable bonds is 5. The number of nitrogens with one attached hydrogen (secondary N) is 1. The molecule has 2 aromatic rings. The van der Waals surface area contributed by atoms with E-state index in [0.29, 0.717) is 37.6 Å². The first kappa shape index (κ1) is 20.4. The molecule has 1 saturated heterocycles. The number of piperazine rings is 1. The van der Waals surface area contributed by atoms with Crippen LogP contribution >= 0.6 is 0 Å². The number of benzene rings is 1. The second-order valence-corrected chi connectivity index (χ2v) is 7.25. The Morgan fingerprint density at radius 3 is 2.55 bits per heavy atom. The van der Waals surface area contributed by atoms with Gasteiger partial charge in [-0.15, -0.1) is 0 Å². The molecule has 1 atom stereocenters. The largest absolute Gasteiger partial charge is 0.488 e. The van der Waals surface area contributed by atoms with Gasteiger partial charge in [-0.3, -0.25) is 14.4 Å². The number of para-hydroxylation sites is 1. The molecule has 0 spiro atoms. The fraction of sp³-hybridized carbons (Fsp3) is 0.318. The average Bonchev–Trinajstić information content (AvgIpc) is 2.71. The Bertz CT molecular complexity index is 982. The van der Waals surface area contributed by atoms with Gasteiger partial charge in [0.05, 0.1) is 5.56 Å². The van der Waals surface area contributed by atoms with E-state index in [-0.39, 0.29) is 23.4 Å². The van der Waals surface area contributed by atoms with Crippen LogP contribution in [0.5, 0.6) is 5.75 Å². The van der Waals surface area contributed by atoms with Crippen molar-refractivity contribution in [2.45, 2.75) is 19.9 Å². The lowest BCUT2D eigenvalue weighted by Gasteiger charge is -2.40. The first-order valence-corrected chi connectivity index (χ1v) is 9.52. The summed E-state index contributed by atoms with van der Waals surface area (Å²) in [7, 11) is 0. The van der Waals surface area contributed by atoms with Gasteiger partial charge in [-0.2, -0.15) is 0 Å². The molecule has 1 aromatic heterocycles. The van der Waals surface area contributed by atoms with Crippen LogP contribution in [0.1, 0.15) is 34.6 Å². The fourth-order valence-corrected chi connectivity index (χ4v) is 3.33. The normalized spacial score (nSPS) is 16.4. The lowest BCUT2D eigenvalue weighted by molar-refractivity contribution is 0.0411. The lowest BCUT2D eigenvalue weighted by atomic mass is 10.1. The van der Waals surface area contributed by atoms with Gasteiger partial charge in [0.2, 0.25) is 0 Å². The van der Waals surface area contributed by atoms with Crippen molar-refractivity contribution in [3.63, 3.8) is 0 Å². The Morgan fingerprint density at radius 2 is 1.86 bits per heavy atom. The van der Waals surface area contributed by atoms with Crippen LogP contribution in [0, 0.1) is 0 Å². The predicted octanol–water partition coefficient (Wildman–Crippen LogP) is 2.32. The van der Waals surface area contributed by atoms with Crippen LogP contribution in [-0.2, 0) is 0 Å². The third-order valence-corrected chi connectivity index (χ3v) is 4.82. The second-order valence-electron chi connectivity index (χ2n) is 7.25. The first-order chi connectivity index (χ1) is 13.9. The van der Waals surface area contributed by atoms with Crippen LogP contribution in [0.25, 0.3) is 0 Å². The maximum atomic E-state index is 13.1. The van der Waals surface area contributed by atoms with Crippen molar-refractivity contribution >= 4 is 11.8 Å². The van der Waals surface area contributed by atoms with Gasteiger partial charge in [0.15, 0.2) is 0 Å². The standard InChI is InChI=1S/C22H25N3O4/c1-15(2)14-29-19-9-5-4-7-17(19)21(27)24-11-12-25(16(3)13-24)22(28)18-8-6-10-23-20(18)26/h4-10,16H,1,11-14H2,2-3H3,(H,23,26)/t16-/m1/s1. The molecule has 0 unspecified atom stereocenters. The van der Waals surface area contributed by atoms with E-state index in [4.69, 9.17) is 4.74 Å². The number of carbonyl (C=O) groups excluding carboxylic acids is 2. The van der Waals surface area contributed by atoms with Gasteiger partial charge in [-0.25, -0.2) is 0 Å². The molecular weight excluding hydrogens is 370 g/mol. The van der Waals surface area contributed by atoms with E-state index >= 15 is 0 Å². The van der Waals surface area contributed by atoms with Gasteiger partial charge >= 0.3 is 0 Å². The van der Waals surface area contributed by atoms with E-state index in [1.54, 1.807) is 34.1 Å². The van der Waals surface area contributed by atoms with Crippen LogP contribution < -0.4 is 10.3 Å². The highest BCUT2D eigenvalue weighted by molar-refractivity contribution is 5.97. The predicted molar refractivity (Wildman–Crippen MR) is 110 cm³/mol. The van der Waals surface area contributed by atoms with Crippen molar-refractivity contribution in [2.75, 3.05) is 26.2 Å². The maximum Gasteiger partial charge on any atom is 0.260 e. The molecule has 3 rings (SSSR count). The Labute approximate surface area is 169 Å². The van der Waals surface area contributed by atoms with E-state index in [2.05, 4.69) is 11.6 Å². The monoisotopic (exact) mass is 395 g/mol. The smallest absolute Gasteiger partial charge is 0.260 e. The molecule has 1 aliphatic heterocycles. The van der Waals surface area contributed by atoms with Crippen molar-refractivity contribution in [1.82, 2.24) is 14.8 Å². The third kappa shape index (κ3) is 4.56. The molecule has 0 aliphatic carbocycles. The van der Waals surface area contributed by atoms with Crippen LogP contribution in [0.3, 0.4) is 0 Å². The summed E-state index contributed by atoms with van der Waals surface area (Å²) in [6, 6.07) is 10.0. The highest BCUT2D eigenvalue weighted by Gasteiger charge is 2.32. The summed E-state index contributed by atoms with van der Waals surface area (Å²) >= 11 is 0. The van der Waals surface area contributed by atoms with Crippen LogP contribution in [0.4, 0.5) is 0 Å². The van der Waals surface area contributed by atoms with Gasteiger partial charge in [-0.1, -0.05) is 18.7 Å². The Balaban J connectivity index is 1.72. The van der Waals surface area contributed by atoms with Gasteiger partial charge in [0.25, 0.3) is 17.4 Å². The highest BCUT2D eigenvalue weighted by Crippen LogP contribution is 2.22.